The van der Waals surface area contributed by atoms with Crippen molar-refractivity contribution in [2.24, 2.45) is 5.92 Å². The molecule has 0 bridgehead atoms. The lowest BCUT2D eigenvalue weighted by atomic mass is 9.92. The Kier molecular flexibility index (Phi) is 4.63. The molecule has 0 spiro atoms. The van der Waals surface area contributed by atoms with E-state index in [0.29, 0.717) is 13.1 Å². The van der Waals surface area contributed by atoms with Crippen molar-refractivity contribution in [1.29, 1.82) is 0 Å². The molecular formula is C16H22N2O3. The Morgan fingerprint density at radius 2 is 2.10 bits per heavy atom. The normalized spacial score (nSPS) is 21.2. The Morgan fingerprint density at radius 3 is 2.62 bits per heavy atom. The zero-order chi connectivity index (χ0) is 15.5. The van der Waals surface area contributed by atoms with Crippen molar-refractivity contribution < 1.29 is 14.7 Å². The van der Waals surface area contributed by atoms with E-state index in [1.54, 1.807) is 11.8 Å². The number of rotatable bonds is 5. The van der Waals surface area contributed by atoms with Gasteiger partial charge in [0.1, 0.15) is 0 Å². The molecule has 1 fully saturated rings. The van der Waals surface area contributed by atoms with Crippen molar-refractivity contribution >= 4 is 11.8 Å². The van der Waals surface area contributed by atoms with E-state index in [-0.39, 0.29) is 30.8 Å². The highest BCUT2D eigenvalue weighted by atomic mass is 16.3. The highest BCUT2D eigenvalue weighted by Gasteiger charge is 2.37. The number of benzene rings is 1. The summed E-state index contributed by atoms with van der Waals surface area (Å²) in [5.74, 6) is -0.505. The number of aliphatic hydroxyl groups is 1. The molecule has 2 rings (SSSR count). The molecule has 5 heteroatoms. The maximum Gasteiger partial charge on any atom is 0.226 e. The van der Waals surface area contributed by atoms with Gasteiger partial charge in [-0.2, -0.15) is 0 Å². The van der Waals surface area contributed by atoms with Gasteiger partial charge in [0, 0.05) is 19.5 Å². The van der Waals surface area contributed by atoms with E-state index in [1.165, 1.54) is 0 Å². The van der Waals surface area contributed by atoms with Gasteiger partial charge < -0.3 is 15.3 Å². The van der Waals surface area contributed by atoms with Crippen molar-refractivity contribution in [3.05, 3.63) is 35.9 Å². The van der Waals surface area contributed by atoms with Crippen LogP contribution in [0.2, 0.25) is 0 Å². The second kappa shape index (κ2) is 6.26. The Hall–Kier alpha value is -1.88. The minimum Gasteiger partial charge on any atom is -0.394 e. The fourth-order valence-electron chi connectivity index (χ4n) is 2.64. The quantitative estimate of drug-likeness (QED) is 0.846. The van der Waals surface area contributed by atoms with Crippen molar-refractivity contribution in [2.45, 2.75) is 25.8 Å². The molecule has 114 valence electrons. The Labute approximate surface area is 125 Å². The minimum absolute atomic E-state index is 0.0167. The number of aliphatic hydroxyl groups excluding tert-OH is 1. The number of carbonyl (C=O) groups is 2. The number of nitrogens with zero attached hydrogens (tertiary/aromatic N) is 1. The molecule has 0 aliphatic carbocycles. The molecule has 2 atom stereocenters. The van der Waals surface area contributed by atoms with Crippen LogP contribution in [0, 0.1) is 5.92 Å². The summed E-state index contributed by atoms with van der Waals surface area (Å²) in [7, 11) is 0. The van der Waals surface area contributed by atoms with Crippen LogP contribution in [0.5, 0.6) is 0 Å². The SMILES string of the molecule is CCN1CC(C(=O)NC(C)(CO)c2ccccc2)CC1=O. The van der Waals surface area contributed by atoms with E-state index in [4.69, 9.17) is 0 Å². The third-order valence-electron chi connectivity index (χ3n) is 4.09. The molecule has 0 aromatic heterocycles. The smallest absolute Gasteiger partial charge is 0.226 e. The minimum atomic E-state index is -0.832. The van der Waals surface area contributed by atoms with Gasteiger partial charge in [-0.1, -0.05) is 30.3 Å². The van der Waals surface area contributed by atoms with Gasteiger partial charge in [0.2, 0.25) is 11.8 Å². The van der Waals surface area contributed by atoms with E-state index in [2.05, 4.69) is 5.32 Å². The maximum atomic E-state index is 12.4. The molecule has 1 aromatic carbocycles. The molecule has 1 heterocycles. The summed E-state index contributed by atoms with van der Waals surface area (Å²) in [5.41, 5.74) is 0.0126. The molecular weight excluding hydrogens is 268 g/mol. The van der Waals surface area contributed by atoms with Gasteiger partial charge >= 0.3 is 0 Å². The van der Waals surface area contributed by atoms with Crippen LogP contribution in [0.1, 0.15) is 25.8 Å². The lowest BCUT2D eigenvalue weighted by Gasteiger charge is -2.30. The van der Waals surface area contributed by atoms with E-state index < -0.39 is 5.54 Å². The molecule has 1 saturated heterocycles. The topological polar surface area (TPSA) is 69.6 Å². The largest absolute Gasteiger partial charge is 0.394 e. The third kappa shape index (κ3) is 3.24. The van der Waals surface area contributed by atoms with Crippen LogP contribution in [-0.2, 0) is 15.1 Å². The third-order valence-corrected chi connectivity index (χ3v) is 4.09. The van der Waals surface area contributed by atoms with Crippen molar-refractivity contribution in [3.63, 3.8) is 0 Å². The van der Waals surface area contributed by atoms with E-state index in [0.717, 1.165) is 5.56 Å². The van der Waals surface area contributed by atoms with Gasteiger partial charge in [-0.05, 0) is 19.4 Å². The van der Waals surface area contributed by atoms with Crippen LogP contribution < -0.4 is 5.32 Å². The van der Waals surface area contributed by atoms with E-state index >= 15 is 0 Å². The molecule has 0 radical (unpaired) electrons. The number of hydrogen-bond donors (Lipinski definition) is 2. The van der Waals surface area contributed by atoms with Gasteiger partial charge in [0.25, 0.3) is 0 Å². The van der Waals surface area contributed by atoms with Crippen LogP contribution in [0.15, 0.2) is 30.3 Å². The zero-order valence-corrected chi connectivity index (χ0v) is 12.5. The van der Waals surface area contributed by atoms with Gasteiger partial charge in [-0.15, -0.1) is 0 Å². The predicted octanol–water partition coefficient (Wildman–Crippen LogP) is 0.879. The number of amides is 2. The Balaban J connectivity index is 2.09. The molecule has 5 nitrogen and oxygen atoms in total. The first kappa shape index (κ1) is 15.5. The van der Waals surface area contributed by atoms with Crippen molar-refractivity contribution in [3.8, 4) is 0 Å². The van der Waals surface area contributed by atoms with Crippen LogP contribution >= 0.6 is 0 Å². The Bertz CT molecular complexity index is 518. The number of nitrogens with one attached hydrogen (secondary N) is 1. The van der Waals surface area contributed by atoms with Crippen LogP contribution in [0.25, 0.3) is 0 Å². The highest BCUT2D eigenvalue weighted by molar-refractivity contribution is 5.89. The molecule has 0 saturated carbocycles. The summed E-state index contributed by atoms with van der Waals surface area (Å²) < 4.78 is 0. The molecule has 2 N–H and O–H groups in total. The van der Waals surface area contributed by atoms with Gasteiger partial charge in [-0.3, -0.25) is 9.59 Å². The summed E-state index contributed by atoms with van der Waals surface area (Å²) >= 11 is 0. The first-order valence-electron chi connectivity index (χ1n) is 7.26. The summed E-state index contributed by atoms with van der Waals surface area (Å²) in [4.78, 5) is 25.8. The average molecular weight is 290 g/mol. The fraction of sp³-hybridized carbons (Fsp3) is 0.500. The summed E-state index contributed by atoms with van der Waals surface area (Å²) in [5, 5.41) is 12.6. The second-order valence-corrected chi connectivity index (χ2v) is 5.68. The number of likely N-dealkylation sites (tertiary alicyclic amines) is 1. The van der Waals surface area contributed by atoms with E-state index in [1.807, 2.05) is 37.3 Å². The summed E-state index contributed by atoms with van der Waals surface area (Å²) in [6.45, 7) is 4.57. The molecule has 2 amide bonds. The summed E-state index contributed by atoms with van der Waals surface area (Å²) in [6, 6.07) is 9.36. The lowest BCUT2D eigenvalue weighted by molar-refractivity contribution is -0.129. The lowest BCUT2D eigenvalue weighted by Crippen LogP contribution is -2.49. The van der Waals surface area contributed by atoms with Crippen molar-refractivity contribution in [1.82, 2.24) is 10.2 Å². The summed E-state index contributed by atoms with van der Waals surface area (Å²) in [6.07, 6.45) is 0.246. The van der Waals surface area contributed by atoms with Crippen LogP contribution in [0.3, 0.4) is 0 Å². The van der Waals surface area contributed by atoms with Gasteiger partial charge in [-0.25, -0.2) is 0 Å². The molecule has 2 unspecified atom stereocenters. The maximum absolute atomic E-state index is 12.4. The molecule has 21 heavy (non-hydrogen) atoms. The first-order valence-corrected chi connectivity index (χ1v) is 7.26. The van der Waals surface area contributed by atoms with Crippen molar-refractivity contribution in [2.75, 3.05) is 19.7 Å². The van der Waals surface area contributed by atoms with Crippen LogP contribution in [0.4, 0.5) is 0 Å². The molecule has 1 aromatic rings. The predicted molar refractivity (Wildman–Crippen MR) is 79.4 cm³/mol. The monoisotopic (exact) mass is 290 g/mol. The second-order valence-electron chi connectivity index (χ2n) is 5.68. The standard InChI is InChI=1S/C16H22N2O3/c1-3-18-10-12(9-14(18)20)15(21)17-16(2,11-19)13-7-5-4-6-8-13/h4-8,12,19H,3,9-11H2,1-2H3,(H,17,21). The zero-order valence-electron chi connectivity index (χ0n) is 12.5. The number of carbonyl (C=O) groups excluding carboxylic acids is 2. The van der Waals surface area contributed by atoms with Gasteiger partial charge in [0.05, 0.1) is 18.1 Å². The van der Waals surface area contributed by atoms with Gasteiger partial charge in [0.15, 0.2) is 0 Å². The average Bonchev–Trinajstić information content (AvgIpc) is 2.89. The van der Waals surface area contributed by atoms with E-state index in [9.17, 15) is 14.7 Å². The fourth-order valence-corrected chi connectivity index (χ4v) is 2.64. The Morgan fingerprint density at radius 1 is 1.43 bits per heavy atom. The number of hydrogen-bond acceptors (Lipinski definition) is 3. The molecule has 1 aliphatic rings. The van der Waals surface area contributed by atoms with Crippen LogP contribution in [-0.4, -0.2) is 41.5 Å². The first-order chi connectivity index (χ1) is 10.00. The molecule has 1 aliphatic heterocycles. The highest BCUT2D eigenvalue weighted by Crippen LogP contribution is 2.23.